The van der Waals surface area contributed by atoms with Gasteiger partial charge in [-0.25, -0.2) is 9.97 Å². The summed E-state index contributed by atoms with van der Waals surface area (Å²) in [6.45, 7) is 4.79. The van der Waals surface area contributed by atoms with Crippen LogP contribution >= 0.6 is 11.6 Å². The van der Waals surface area contributed by atoms with Gasteiger partial charge in [0, 0.05) is 12.7 Å². The maximum absolute atomic E-state index is 6.02. The van der Waals surface area contributed by atoms with Gasteiger partial charge in [0.1, 0.15) is 11.3 Å². The molecule has 0 radical (unpaired) electrons. The van der Waals surface area contributed by atoms with Gasteiger partial charge in [0.05, 0.1) is 5.52 Å². The van der Waals surface area contributed by atoms with Crippen molar-refractivity contribution in [3.8, 4) is 0 Å². The summed E-state index contributed by atoms with van der Waals surface area (Å²) in [5, 5.41) is 0.536. The van der Waals surface area contributed by atoms with Crippen molar-refractivity contribution in [3.63, 3.8) is 0 Å². The molecule has 0 spiro atoms. The van der Waals surface area contributed by atoms with E-state index in [9.17, 15) is 0 Å². The molecule has 0 aromatic carbocycles. The number of aryl methyl sites for hydroxylation is 2. The summed E-state index contributed by atoms with van der Waals surface area (Å²) in [5.41, 5.74) is 1.84. The smallest absolute Gasteiger partial charge is 0.157 e. The Morgan fingerprint density at radius 1 is 1.46 bits per heavy atom. The van der Waals surface area contributed by atoms with E-state index < -0.39 is 0 Å². The molecule has 0 saturated heterocycles. The van der Waals surface area contributed by atoms with Gasteiger partial charge in [-0.2, -0.15) is 0 Å². The standard InChI is InChI=1S/C9H10ClN3/c1-3-13-5-4-7-8(13)9(10)12-6(2)11-7/h4-5H,3H2,1-2H3. The van der Waals surface area contributed by atoms with Gasteiger partial charge in [-0.05, 0) is 19.9 Å². The van der Waals surface area contributed by atoms with Crippen molar-refractivity contribution < 1.29 is 0 Å². The van der Waals surface area contributed by atoms with Gasteiger partial charge in [0.15, 0.2) is 5.15 Å². The lowest BCUT2D eigenvalue weighted by atomic mass is 10.4. The van der Waals surface area contributed by atoms with Gasteiger partial charge < -0.3 is 4.57 Å². The highest BCUT2D eigenvalue weighted by Gasteiger charge is 2.07. The number of rotatable bonds is 1. The van der Waals surface area contributed by atoms with Crippen molar-refractivity contribution >= 4 is 22.6 Å². The van der Waals surface area contributed by atoms with Crippen LogP contribution in [0.1, 0.15) is 12.7 Å². The first-order chi connectivity index (χ1) is 6.22. The first kappa shape index (κ1) is 8.51. The minimum Gasteiger partial charge on any atom is -0.344 e. The van der Waals surface area contributed by atoms with Crippen molar-refractivity contribution in [1.29, 1.82) is 0 Å². The van der Waals surface area contributed by atoms with Crippen LogP contribution in [0.5, 0.6) is 0 Å². The first-order valence-electron chi connectivity index (χ1n) is 4.21. The quantitative estimate of drug-likeness (QED) is 0.655. The molecule has 0 unspecified atom stereocenters. The highest BCUT2D eigenvalue weighted by atomic mass is 35.5. The number of aromatic nitrogens is 3. The van der Waals surface area contributed by atoms with Crippen LogP contribution in [0, 0.1) is 6.92 Å². The van der Waals surface area contributed by atoms with E-state index in [1.807, 2.05) is 23.8 Å². The average Bonchev–Trinajstić information content (AvgIpc) is 2.47. The normalized spacial score (nSPS) is 11.0. The molecule has 68 valence electrons. The molecule has 0 aliphatic rings. The van der Waals surface area contributed by atoms with Crippen molar-refractivity contribution in [1.82, 2.24) is 14.5 Å². The summed E-state index contributed by atoms with van der Waals surface area (Å²) in [7, 11) is 0. The monoisotopic (exact) mass is 195 g/mol. The SMILES string of the molecule is CCn1ccc2nc(C)nc(Cl)c21. The van der Waals surface area contributed by atoms with Gasteiger partial charge in [0.2, 0.25) is 0 Å². The summed E-state index contributed by atoms with van der Waals surface area (Å²) in [6, 6.07) is 1.96. The molecule has 0 N–H and O–H groups in total. The number of hydrogen-bond donors (Lipinski definition) is 0. The number of fused-ring (bicyclic) bond motifs is 1. The zero-order valence-electron chi connectivity index (χ0n) is 7.58. The average molecular weight is 196 g/mol. The van der Waals surface area contributed by atoms with E-state index in [0.29, 0.717) is 11.0 Å². The van der Waals surface area contributed by atoms with E-state index in [1.54, 1.807) is 0 Å². The summed E-state index contributed by atoms with van der Waals surface area (Å²) in [5.74, 6) is 0.714. The van der Waals surface area contributed by atoms with Crippen LogP contribution in [0.25, 0.3) is 11.0 Å². The number of halogens is 1. The molecule has 2 rings (SSSR count). The fourth-order valence-electron chi connectivity index (χ4n) is 1.43. The second-order valence-corrected chi connectivity index (χ2v) is 3.26. The molecule has 0 saturated carbocycles. The minimum atomic E-state index is 0.536. The lowest BCUT2D eigenvalue weighted by Gasteiger charge is -2.01. The van der Waals surface area contributed by atoms with Crippen LogP contribution in [0.4, 0.5) is 0 Å². The van der Waals surface area contributed by atoms with E-state index in [0.717, 1.165) is 17.6 Å². The Morgan fingerprint density at radius 2 is 2.23 bits per heavy atom. The second kappa shape index (κ2) is 3.00. The molecular weight excluding hydrogens is 186 g/mol. The molecule has 0 aliphatic heterocycles. The molecule has 0 fully saturated rings. The lowest BCUT2D eigenvalue weighted by molar-refractivity contribution is 0.795. The Hall–Kier alpha value is -1.09. The molecule has 2 aromatic heterocycles. The third-order valence-electron chi connectivity index (χ3n) is 2.02. The summed E-state index contributed by atoms with van der Waals surface area (Å²) in [4.78, 5) is 8.40. The van der Waals surface area contributed by atoms with Crippen molar-refractivity contribution in [2.75, 3.05) is 0 Å². The van der Waals surface area contributed by atoms with Gasteiger partial charge in [-0.1, -0.05) is 11.6 Å². The maximum atomic E-state index is 6.02. The Bertz CT molecular complexity index is 447. The largest absolute Gasteiger partial charge is 0.344 e. The van der Waals surface area contributed by atoms with E-state index in [4.69, 9.17) is 11.6 Å². The van der Waals surface area contributed by atoms with Crippen LogP contribution in [-0.2, 0) is 6.54 Å². The maximum Gasteiger partial charge on any atom is 0.157 e. The van der Waals surface area contributed by atoms with Gasteiger partial charge in [-0.15, -0.1) is 0 Å². The molecule has 0 bridgehead atoms. The van der Waals surface area contributed by atoms with Crippen LogP contribution in [0.3, 0.4) is 0 Å². The zero-order chi connectivity index (χ0) is 9.42. The van der Waals surface area contributed by atoms with Crippen molar-refractivity contribution in [2.45, 2.75) is 20.4 Å². The third kappa shape index (κ3) is 1.29. The van der Waals surface area contributed by atoms with Crippen LogP contribution < -0.4 is 0 Å². The molecule has 13 heavy (non-hydrogen) atoms. The van der Waals surface area contributed by atoms with Crippen molar-refractivity contribution in [3.05, 3.63) is 23.2 Å². The van der Waals surface area contributed by atoms with Gasteiger partial charge in [-0.3, -0.25) is 0 Å². The zero-order valence-corrected chi connectivity index (χ0v) is 8.34. The minimum absolute atomic E-state index is 0.536. The van der Waals surface area contributed by atoms with Crippen LogP contribution in [-0.4, -0.2) is 14.5 Å². The van der Waals surface area contributed by atoms with Crippen LogP contribution in [0.15, 0.2) is 12.3 Å². The molecule has 4 heteroatoms. The fraction of sp³-hybridized carbons (Fsp3) is 0.333. The molecule has 2 heterocycles. The molecule has 0 aliphatic carbocycles. The molecule has 3 nitrogen and oxygen atoms in total. The predicted molar refractivity (Wildman–Crippen MR) is 52.9 cm³/mol. The number of nitrogens with zero attached hydrogens (tertiary/aromatic N) is 3. The van der Waals surface area contributed by atoms with Gasteiger partial charge in [0.25, 0.3) is 0 Å². The summed E-state index contributed by atoms with van der Waals surface area (Å²) < 4.78 is 2.04. The highest BCUT2D eigenvalue weighted by Crippen LogP contribution is 2.21. The second-order valence-electron chi connectivity index (χ2n) is 2.90. The summed E-state index contributed by atoms with van der Waals surface area (Å²) in [6.07, 6.45) is 1.98. The predicted octanol–water partition coefficient (Wildman–Crippen LogP) is 2.41. The third-order valence-corrected chi connectivity index (χ3v) is 2.28. The van der Waals surface area contributed by atoms with Gasteiger partial charge >= 0.3 is 0 Å². The molecular formula is C9H10ClN3. The Labute approximate surface area is 81.4 Å². The Kier molecular flexibility index (Phi) is 1.96. The number of hydrogen-bond acceptors (Lipinski definition) is 2. The molecule has 0 atom stereocenters. The van der Waals surface area contributed by atoms with E-state index in [-0.39, 0.29) is 0 Å². The van der Waals surface area contributed by atoms with E-state index >= 15 is 0 Å². The Morgan fingerprint density at radius 3 is 2.92 bits per heavy atom. The highest BCUT2D eigenvalue weighted by molar-refractivity contribution is 6.33. The summed E-state index contributed by atoms with van der Waals surface area (Å²) >= 11 is 6.02. The Balaban J connectivity index is 2.82. The fourth-order valence-corrected chi connectivity index (χ4v) is 1.76. The first-order valence-corrected chi connectivity index (χ1v) is 4.59. The molecule has 0 amide bonds. The van der Waals surface area contributed by atoms with Crippen LogP contribution in [0.2, 0.25) is 5.15 Å². The topological polar surface area (TPSA) is 30.7 Å². The van der Waals surface area contributed by atoms with Crippen molar-refractivity contribution in [2.24, 2.45) is 0 Å². The molecule has 2 aromatic rings. The lowest BCUT2D eigenvalue weighted by Crippen LogP contribution is -1.95. The van der Waals surface area contributed by atoms with E-state index in [1.165, 1.54) is 0 Å². The van der Waals surface area contributed by atoms with E-state index in [2.05, 4.69) is 16.9 Å².